The second-order valence-corrected chi connectivity index (χ2v) is 4.30. The summed E-state index contributed by atoms with van der Waals surface area (Å²) in [5.74, 6) is -1.34. The monoisotopic (exact) mass is 280 g/mol. The van der Waals surface area contributed by atoms with Crippen molar-refractivity contribution < 1.29 is 19.0 Å². The molecule has 0 radical (unpaired) electrons. The molecule has 2 aromatic carbocycles. The molecule has 0 aliphatic rings. The standard InChI is InChI=1S/C14H10ClFO3/c15-10-4-5-13(17)12(7-10)14(18)19-8-9-2-1-3-11(16)6-9/h1-7,17H,8H2. The van der Waals surface area contributed by atoms with Gasteiger partial charge >= 0.3 is 5.97 Å². The van der Waals surface area contributed by atoms with Crippen LogP contribution in [0.25, 0.3) is 0 Å². The first-order chi connectivity index (χ1) is 9.06. The Morgan fingerprint density at radius 2 is 2.05 bits per heavy atom. The summed E-state index contributed by atoms with van der Waals surface area (Å²) in [6.07, 6.45) is 0. The fourth-order valence-corrected chi connectivity index (χ4v) is 1.70. The summed E-state index contributed by atoms with van der Waals surface area (Å²) in [6.45, 7) is -0.0808. The summed E-state index contributed by atoms with van der Waals surface area (Å²) in [5, 5.41) is 9.84. The van der Waals surface area contributed by atoms with Gasteiger partial charge in [0.05, 0.1) is 0 Å². The lowest BCUT2D eigenvalue weighted by molar-refractivity contribution is 0.0469. The third-order valence-corrected chi connectivity index (χ3v) is 2.67. The van der Waals surface area contributed by atoms with Crippen LogP contribution >= 0.6 is 11.6 Å². The van der Waals surface area contributed by atoms with E-state index in [2.05, 4.69) is 0 Å². The van der Waals surface area contributed by atoms with Crippen molar-refractivity contribution in [2.75, 3.05) is 0 Å². The Morgan fingerprint density at radius 3 is 2.79 bits per heavy atom. The fraction of sp³-hybridized carbons (Fsp3) is 0.0714. The molecule has 2 rings (SSSR count). The minimum Gasteiger partial charge on any atom is -0.507 e. The van der Waals surface area contributed by atoms with Crippen molar-refractivity contribution in [2.24, 2.45) is 0 Å². The Kier molecular flexibility index (Phi) is 4.02. The van der Waals surface area contributed by atoms with Crippen molar-refractivity contribution in [1.29, 1.82) is 0 Å². The third kappa shape index (κ3) is 3.45. The van der Waals surface area contributed by atoms with Gasteiger partial charge < -0.3 is 9.84 Å². The Hall–Kier alpha value is -2.07. The number of hydrogen-bond acceptors (Lipinski definition) is 3. The van der Waals surface area contributed by atoms with Gasteiger partial charge in [-0.25, -0.2) is 9.18 Å². The Bertz CT molecular complexity index is 613. The van der Waals surface area contributed by atoms with Crippen LogP contribution in [0.2, 0.25) is 5.02 Å². The molecule has 0 amide bonds. The summed E-state index contributed by atoms with van der Waals surface area (Å²) in [7, 11) is 0. The summed E-state index contributed by atoms with van der Waals surface area (Å²) in [4.78, 5) is 11.7. The topological polar surface area (TPSA) is 46.5 Å². The molecule has 0 aromatic heterocycles. The molecule has 5 heteroatoms. The molecule has 2 aromatic rings. The number of esters is 1. The molecule has 1 N–H and O–H groups in total. The smallest absolute Gasteiger partial charge is 0.342 e. The second-order valence-electron chi connectivity index (χ2n) is 3.87. The van der Waals surface area contributed by atoms with Crippen LogP contribution < -0.4 is 0 Å². The van der Waals surface area contributed by atoms with E-state index >= 15 is 0 Å². The maximum atomic E-state index is 12.9. The predicted octanol–water partition coefficient (Wildman–Crippen LogP) is 3.54. The van der Waals surface area contributed by atoms with E-state index in [9.17, 15) is 14.3 Å². The summed E-state index contributed by atoms with van der Waals surface area (Å²) < 4.78 is 17.9. The average Bonchev–Trinajstić information content (AvgIpc) is 2.39. The minimum absolute atomic E-state index is 0.0242. The van der Waals surface area contributed by atoms with Crippen molar-refractivity contribution in [3.8, 4) is 5.75 Å². The van der Waals surface area contributed by atoms with E-state index in [1.807, 2.05) is 0 Å². The van der Waals surface area contributed by atoms with Crippen LogP contribution in [-0.2, 0) is 11.3 Å². The van der Waals surface area contributed by atoms with Crippen LogP contribution in [0.5, 0.6) is 5.75 Å². The van der Waals surface area contributed by atoms with Gasteiger partial charge in [0, 0.05) is 5.02 Å². The zero-order chi connectivity index (χ0) is 13.8. The van der Waals surface area contributed by atoms with E-state index in [1.165, 1.54) is 36.4 Å². The summed E-state index contributed by atoms with van der Waals surface area (Å²) in [5.41, 5.74) is 0.499. The maximum absolute atomic E-state index is 12.9. The molecule has 0 unspecified atom stereocenters. The molecule has 0 bridgehead atoms. The predicted molar refractivity (Wildman–Crippen MR) is 68.6 cm³/mol. The van der Waals surface area contributed by atoms with Crippen molar-refractivity contribution in [3.63, 3.8) is 0 Å². The number of halogens is 2. The van der Waals surface area contributed by atoms with Gasteiger partial charge in [-0.1, -0.05) is 23.7 Å². The number of rotatable bonds is 3. The van der Waals surface area contributed by atoms with Crippen LogP contribution in [0.1, 0.15) is 15.9 Å². The highest BCUT2D eigenvalue weighted by molar-refractivity contribution is 6.31. The molecule has 98 valence electrons. The van der Waals surface area contributed by atoms with Crippen molar-refractivity contribution in [2.45, 2.75) is 6.61 Å². The first-order valence-corrected chi connectivity index (χ1v) is 5.84. The summed E-state index contributed by atoms with van der Waals surface area (Å²) >= 11 is 5.73. The SMILES string of the molecule is O=C(OCc1cccc(F)c1)c1cc(Cl)ccc1O. The van der Waals surface area contributed by atoms with E-state index in [4.69, 9.17) is 16.3 Å². The van der Waals surface area contributed by atoms with Crippen LogP contribution in [0.3, 0.4) is 0 Å². The molecule has 0 fully saturated rings. The van der Waals surface area contributed by atoms with Gasteiger partial charge in [-0.3, -0.25) is 0 Å². The normalized spacial score (nSPS) is 10.2. The molecule has 0 aliphatic carbocycles. The van der Waals surface area contributed by atoms with Gasteiger partial charge in [0.15, 0.2) is 0 Å². The average molecular weight is 281 g/mol. The molecular weight excluding hydrogens is 271 g/mol. The highest BCUT2D eigenvalue weighted by Crippen LogP contribution is 2.22. The van der Waals surface area contributed by atoms with E-state index in [1.54, 1.807) is 6.07 Å². The van der Waals surface area contributed by atoms with Gasteiger partial charge in [0.2, 0.25) is 0 Å². The Morgan fingerprint density at radius 1 is 1.26 bits per heavy atom. The molecule has 0 saturated heterocycles. The van der Waals surface area contributed by atoms with Gasteiger partial charge in [0.25, 0.3) is 0 Å². The van der Waals surface area contributed by atoms with Crippen molar-refractivity contribution in [3.05, 3.63) is 64.4 Å². The number of aromatic hydroxyl groups is 1. The first kappa shape index (κ1) is 13.4. The molecule has 0 heterocycles. The van der Waals surface area contributed by atoms with Gasteiger partial charge in [-0.05, 0) is 35.9 Å². The van der Waals surface area contributed by atoms with Crippen LogP contribution in [-0.4, -0.2) is 11.1 Å². The van der Waals surface area contributed by atoms with Crippen LogP contribution in [0, 0.1) is 5.82 Å². The van der Waals surface area contributed by atoms with E-state index in [-0.39, 0.29) is 17.9 Å². The molecule has 0 aliphatic heterocycles. The molecular formula is C14H10ClFO3. The van der Waals surface area contributed by atoms with Gasteiger partial charge in [0.1, 0.15) is 23.7 Å². The second kappa shape index (κ2) is 5.71. The molecule has 19 heavy (non-hydrogen) atoms. The van der Waals surface area contributed by atoms with E-state index in [0.717, 1.165) is 0 Å². The number of ether oxygens (including phenoxy) is 1. The number of phenols is 1. The highest BCUT2D eigenvalue weighted by Gasteiger charge is 2.13. The van der Waals surface area contributed by atoms with Gasteiger partial charge in [-0.2, -0.15) is 0 Å². The third-order valence-electron chi connectivity index (χ3n) is 2.44. The quantitative estimate of drug-likeness (QED) is 0.875. The maximum Gasteiger partial charge on any atom is 0.342 e. The minimum atomic E-state index is -0.718. The number of carbonyl (C=O) groups is 1. The number of hydrogen-bond donors (Lipinski definition) is 1. The Balaban J connectivity index is 2.07. The largest absolute Gasteiger partial charge is 0.507 e. The summed E-state index contributed by atoms with van der Waals surface area (Å²) in [6, 6.07) is 9.80. The lowest BCUT2D eigenvalue weighted by Crippen LogP contribution is -2.05. The van der Waals surface area contributed by atoms with E-state index < -0.39 is 11.8 Å². The molecule has 0 spiro atoms. The van der Waals surface area contributed by atoms with Crippen molar-refractivity contribution >= 4 is 17.6 Å². The van der Waals surface area contributed by atoms with E-state index in [0.29, 0.717) is 10.6 Å². The highest BCUT2D eigenvalue weighted by atomic mass is 35.5. The lowest BCUT2D eigenvalue weighted by Gasteiger charge is -2.07. The zero-order valence-electron chi connectivity index (χ0n) is 9.77. The van der Waals surface area contributed by atoms with Crippen LogP contribution in [0.4, 0.5) is 4.39 Å². The first-order valence-electron chi connectivity index (χ1n) is 5.46. The molecule has 0 atom stereocenters. The fourth-order valence-electron chi connectivity index (χ4n) is 1.53. The molecule has 3 nitrogen and oxygen atoms in total. The number of benzene rings is 2. The lowest BCUT2D eigenvalue weighted by atomic mass is 10.2. The van der Waals surface area contributed by atoms with Gasteiger partial charge in [-0.15, -0.1) is 0 Å². The number of phenolic OH excluding ortho intramolecular Hbond substituents is 1. The number of carbonyl (C=O) groups excluding carboxylic acids is 1. The zero-order valence-corrected chi connectivity index (χ0v) is 10.5. The Labute approximate surface area is 114 Å². The van der Waals surface area contributed by atoms with Crippen LogP contribution in [0.15, 0.2) is 42.5 Å². The molecule has 0 saturated carbocycles. The van der Waals surface area contributed by atoms with Crippen molar-refractivity contribution in [1.82, 2.24) is 0 Å².